The molecular weight excluding hydrogens is 366 g/mol. The SMILES string of the molecule is COc1ccc(C(=O)N2CCC(CCc3ccc(C)cc3)CC2)c(OC)c1OC. The first-order valence-electron chi connectivity index (χ1n) is 10.2. The lowest BCUT2D eigenvalue weighted by Gasteiger charge is -2.32. The molecule has 1 aliphatic heterocycles. The number of ether oxygens (including phenoxy) is 3. The number of piperidine rings is 1. The first-order valence-corrected chi connectivity index (χ1v) is 10.2. The van der Waals surface area contributed by atoms with Gasteiger partial charge >= 0.3 is 0 Å². The quantitative estimate of drug-likeness (QED) is 0.690. The lowest BCUT2D eigenvalue weighted by Crippen LogP contribution is -2.38. The number of rotatable bonds is 7. The number of nitrogens with zero attached hydrogens (tertiary/aromatic N) is 1. The molecule has 1 fully saturated rings. The highest BCUT2D eigenvalue weighted by atomic mass is 16.5. The van der Waals surface area contributed by atoms with E-state index in [4.69, 9.17) is 14.2 Å². The van der Waals surface area contributed by atoms with Gasteiger partial charge in [0.15, 0.2) is 11.5 Å². The summed E-state index contributed by atoms with van der Waals surface area (Å²) in [4.78, 5) is 15.0. The number of carbonyl (C=O) groups excluding carboxylic acids is 1. The van der Waals surface area contributed by atoms with Gasteiger partial charge < -0.3 is 19.1 Å². The molecule has 5 nitrogen and oxygen atoms in total. The smallest absolute Gasteiger partial charge is 0.257 e. The van der Waals surface area contributed by atoms with E-state index < -0.39 is 0 Å². The highest BCUT2D eigenvalue weighted by molar-refractivity contribution is 5.98. The van der Waals surface area contributed by atoms with Crippen LogP contribution in [0.3, 0.4) is 0 Å². The molecule has 156 valence electrons. The summed E-state index contributed by atoms with van der Waals surface area (Å²) >= 11 is 0. The van der Waals surface area contributed by atoms with E-state index in [9.17, 15) is 4.79 Å². The van der Waals surface area contributed by atoms with Crippen molar-refractivity contribution in [3.05, 3.63) is 53.1 Å². The summed E-state index contributed by atoms with van der Waals surface area (Å²) in [6, 6.07) is 12.3. The maximum absolute atomic E-state index is 13.1. The van der Waals surface area contributed by atoms with Crippen molar-refractivity contribution in [1.82, 2.24) is 4.90 Å². The predicted molar refractivity (Wildman–Crippen MR) is 114 cm³/mol. The van der Waals surface area contributed by atoms with E-state index in [1.54, 1.807) is 33.5 Å². The second kappa shape index (κ2) is 9.68. The van der Waals surface area contributed by atoms with Crippen LogP contribution in [0, 0.1) is 12.8 Å². The van der Waals surface area contributed by atoms with Crippen molar-refractivity contribution in [2.75, 3.05) is 34.4 Å². The molecular formula is C24H31NO4. The van der Waals surface area contributed by atoms with Crippen LogP contribution in [0.1, 0.15) is 40.7 Å². The van der Waals surface area contributed by atoms with Gasteiger partial charge in [0.1, 0.15) is 0 Å². The Morgan fingerprint density at radius 1 is 0.931 bits per heavy atom. The Kier molecular flexibility index (Phi) is 7.02. The fourth-order valence-electron chi connectivity index (χ4n) is 3.99. The van der Waals surface area contributed by atoms with E-state index >= 15 is 0 Å². The number of aryl methyl sites for hydroxylation is 2. The van der Waals surface area contributed by atoms with Crippen molar-refractivity contribution >= 4 is 5.91 Å². The Morgan fingerprint density at radius 3 is 2.17 bits per heavy atom. The maximum atomic E-state index is 13.1. The number of hydrogen-bond donors (Lipinski definition) is 0. The summed E-state index contributed by atoms with van der Waals surface area (Å²) in [5.41, 5.74) is 3.21. The number of hydrogen-bond acceptors (Lipinski definition) is 4. The van der Waals surface area contributed by atoms with Crippen molar-refractivity contribution < 1.29 is 19.0 Å². The zero-order chi connectivity index (χ0) is 20.8. The summed E-state index contributed by atoms with van der Waals surface area (Å²) in [5, 5.41) is 0. The number of carbonyl (C=O) groups is 1. The molecule has 0 spiro atoms. The molecule has 1 amide bonds. The van der Waals surface area contributed by atoms with Crippen LogP contribution in [0.5, 0.6) is 17.2 Å². The van der Waals surface area contributed by atoms with Crippen LogP contribution in [0.15, 0.2) is 36.4 Å². The monoisotopic (exact) mass is 397 g/mol. The van der Waals surface area contributed by atoms with Gasteiger partial charge in [0, 0.05) is 13.1 Å². The van der Waals surface area contributed by atoms with Crippen LogP contribution >= 0.6 is 0 Å². The van der Waals surface area contributed by atoms with E-state index in [1.807, 2.05) is 4.90 Å². The van der Waals surface area contributed by atoms with Gasteiger partial charge in [-0.05, 0) is 56.2 Å². The molecule has 5 heteroatoms. The Hall–Kier alpha value is -2.69. The van der Waals surface area contributed by atoms with Crippen LogP contribution in [0.25, 0.3) is 0 Å². The number of methoxy groups -OCH3 is 3. The van der Waals surface area contributed by atoms with E-state index in [0.29, 0.717) is 28.7 Å². The summed E-state index contributed by atoms with van der Waals surface area (Å²) in [6.45, 7) is 3.66. The molecule has 2 aromatic carbocycles. The molecule has 0 aliphatic carbocycles. The minimum absolute atomic E-state index is 0.0141. The molecule has 0 N–H and O–H groups in total. The fraction of sp³-hybridized carbons (Fsp3) is 0.458. The highest BCUT2D eigenvalue weighted by Crippen LogP contribution is 2.40. The van der Waals surface area contributed by atoms with Crippen LogP contribution in [0.2, 0.25) is 0 Å². The lowest BCUT2D eigenvalue weighted by atomic mass is 9.90. The minimum atomic E-state index is -0.0141. The van der Waals surface area contributed by atoms with Gasteiger partial charge in [0.2, 0.25) is 5.75 Å². The molecule has 3 rings (SSSR count). The van der Waals surface area contributed by atoms with Gasteiger partial charge in [0.25, 0.3) is 5.91 Å². The van der Waals surface area contributed by atoms with Crippen molar-refractivity contribution in [3.8, 4) is 17.2 Å². The molecule has 1 saturated heterocycles. The van der Waals surface area contributed by atoms with E-state index in [2.05, 4.69) is 31.2 Å². The average molecular weight is 398 g/mol. The Balaban J connectivity index is 1.60. The van der Waals surface area contributed by atoms with Crippen LogP contribution < -0.4 is 14.2 Å². The van der Waals surface area contributed by atoms with Gasteiger partial charge in [-0.1, -0.05) is 29.8 Å². The third-order valence-electron chi connectivity index (χ3n) is 5.80. The fourth-order valence-corrected chi connectivity index (χ4v) is 3.99. The molecule has 29 heavy (non-hydrogen) atoms. The minimum Gasteiger partial charge on any atom is -0.493 e. The van der Waals surface area contributed by atoms with Gasteiger partial charge in [-0.2, -0.15) is 0 Å². The second-order valence-corrected chi connectivity index (χ2v) is 7.64. The van der Waals surface area contributed by atoms with Crippen molar-refractivity contribution in [2.45, 2.75) is 32.6 Å². The van der Waals surface area contributed by atoms with Crippen LogP contribution in [0.4, 0.5) is 0 Å². The number of benzene rings is 2. The number of amides is 1. The first kappa shape index (κ1) is 21.0. The zero-order valence-electron chi connectivity index (χ0n) is 17.9. The molecule has 2 aromatic rings. The van der Waals surface area contributed by atoms with E-state index in [0.717, 1.165) is 32.4 Å². The Bertz CT molecular complexity index is 824. The third-order valence-corrected chi connectivity index (χ3v) is 5.80. The molecule has 0 saturated carbocycles. The third kappa shape index (κ3) is 4.84. The molecule has 0 aromatic heterocycles. The topological polar surface area (TPSA) is 48.0 Å². The standard InChI is InChI=1S/C24H31NO4/c1-17-5-7-18(8-6-17)9-10-19-13-15-25(16-14-19)24(26)20-11-12-21(27-2)23(29-4)22(20)28-3/h5-8,11-12,19H,9-10,13-16H2,1-4H3. The zero-order valence-corrected chi connectivity index (χ0v) is 17.9. The maximum Gasteiger partial charge on any atom is 0.257 e. The molecule has 1 aliphatic rings. The summed E-state index contributed by atoms with van der Waals surface area (Å²) < 4.78 is 16.2. The summed E-state index contributed by atoms with van der Waals surface area (Å²) in [7, 11) is 4.67. The first-order chi connectivity index (χ1) is 14.1. The van der Waals surface area contributed by atoms with Crippen LogP contribution in [-0.4, -0.2) is 45.2 Å². The summed E-state index contributed by atoms with van der Waals surface area (Å²) in [5.74, 6) is 2.08. The van der Waals surface area contributed by atoms with Crippen molar-refractivity contribution in [3.63, 3.8) is 0 Å². The Morgan fingerprint density at radius 2 is 1.59 bits per heavy atom. The average Bonchev–Trinajstić information content (AvgIpc) is 2.77. The normalized spacial score (nSPS) is 14.6. The number of likely N-dealkylation sites (tertiary alicyclic amines) is 1. The van der Waals surface area contributed by atoms with Crippen LogP contribution in [-0.2, 0) is 6.42 Å². The molecule has 0 unspecified atom stereocenters. The second-order valence-electron chi connectivity index (χ2n) is 7.64. The highest BCUT2D eigenvalue weighted by Gasteiger charge is 2.27. The van der Waals surface area contributed by atoms with Gasteiger partial charge in [-0.3, -0.25) is 4.79 Å². The largest absolute Gasteiger partial charge is 0.493 e. The van der Waals surface area contributed by atoms with Gasteiger partial charge in [0.05, 0.1) is 26.9 Å². The van der Waals surface area contributed by atoms with Crippen molar-refractivity contribution in [2.24, 2.45) is 5.92 Å². The van der Waals surface area contributed by atoms with Gasteiger partial charge in [-0.15, -0.1) is 0 Å². The van der Waals surface area contributed by atoms with E-state index in [-0.39, 0.29) is 5.91 Å². The molecule has 0 atom stereocenters. The van der Waals surface area contributed by atoms with Crippen molar-refractivity contribution in [1.29, 1.82) is 0 Å². The lowest BCUT2D eigenvalue weighted by molar-refractivity contribution is 0.0683. The Labute approximate surface area is 173 Å². The molecule has 0 bridgehead atoms. The summed E-state index contributed by atoms with van der Waals surface area (Å²) in [6.07, 6.45) is 4.34. The molecule has 0 radical (unpaired) electrons. The van der Waals surface area contributed by atoms with Gasteiger partial charge in [-0.25, -0.2) is 0 Å². The van der Waals surface area contributed by atoms with E-state index in [1.165, 1.54) is 17.5 Å². The molecule has 1 heterocycles. The predicted octanol–water partition coefficient (Wildman–Crippen LogP) is 4.51.